The van der Waals surface area contributed by atoms with Crippen LogP contribution in [0, 0.1) is 0 Å². The average molecular weight is 419 g/mol. The van der Waals surface area contributed by atoms with Gasteiger partial charge in [-0.15, -0.1) is 0 Å². The van der Waals surface area contributed by atoms with E-state index in [9.17, 15) is 4.79 Å². The Balaban J connectivity index is 1.77. The van der Waals surface area contributed by atoms with Crippen molar-refractivity contribution in [2.45, 2.75) is 25.8 Å². The standard InChI is InChI=1S/C25H26N2O2S/c1-2-26-25(30-19-22-13-15-23(16-14-22)24(28)29)27(17-20-9-5-3-6-10-20)18-21-11-7-4-8-12-21/h3-16H,2,17-19H2,1H3,(H,28,29). The molecule has 1 N–H and O–H groups in total. The second kappa shape index (κ2) is 11.2. The monoisotopic (exact) mass is 418 g/mol. The van der Waals surface area contributed by atoms with Crippen LogP contribution in [0.5, 0.6) is 0 Å². The fraction of sp³-hybridized carbons (Fsp3) is 0.200. The Kier molecular flexibility index (Phi) is 8.10. The van der Waals surface area contributed by atoms with Crippen LogP contribution in [0.2, 0.25) is 0 Å². The van der Waals surface area contributed by atoms with Crippen LogP contribution < -0.4 is 0 Å². The Morgan fingerprint density at radius 3 is 1.83 bits per heavy atom. The van der Waals surface area contributed by atoms with E-state index in [1.54, 1.807) is 23.9 Å². The summed E-state index contributed by atoms with van der Waals surface area (Å²) in [5, 5.41) is 10.1. The lowest BCUT2D eigenvalue weighted by Gasteiger charge is -2.26. The molecule has 0 unspecified atom stereocenters. The number of aliphatic imine (C=N–C) groups is 1. The summed E-state index contributed by atoms with van der Waals surface area (Å²) in [5.41, 5.74) is 3.86. The molecule has 0 amide bonds. The van der Waals surface area contributed by atoms with Crippen molar-refractivity contribution in [3.05, 3.63) is 107 Å². The van der Waals surface area contributed by atoms with Crippen molar-refractivity contribution in [1.29, 1.82) is 0 Å². The smallest absolute Gasteiger partial charge is 0.335 e. The largest absolute Gasteiger partial charge is 0.478 e. The van der Waals surface area contributed by atoms with Crippen molar-refractivity contribution in [2.75, 3.05) is 6.54 Å². The Hall–Kier alpha value is -3.05. The van der Waals surface area contributed by atoms with E-state index in [0.717, 1.165) is 29.6 Å². The van der Waals surface area contributed by atoms with E-state index in [1.165, 1.54) is 11.1 Å². The third-order valence-electron chi connectivity index (χ3n) is 4.57. The van der Waals surface area contributed by atoms with Crippen LogP contribution in [-0.2, 0) is 18.8 Å². The molecular weight excluding hydrogens is 392 g/mol. The second-order valence-electron chi connectivity index (χ2n) is 6.87. The number of carboxylic acids is 1. The number of nitrogens with zero attached hydrogens (tertiary/aromatic N) is 2. The van der Waals surface area contributed by atoms with E-state index in [2.05, 4.69) is 53.4 Å². The van der Waals surface area contributed by atoms with Crippen molar-refractivity contribution in [2.24, 2.45) is 4.99 Å². The first-order valence-corrected chi connectivity index (χ1v) is 11.0. The van der Waals surface area contributed by atoms with Crippen LogP contribution in [0.4, 0.5) is 0 Å². The maximum absolute atomic E-state index is 11.1. The zero-order valence-electron chi connectivity index (χ0n) is 17.1. The van der Waals surface area contributed by atoms with Crippen LogP contribution in [0.3, 0.4) is 0 Å². The van der Waals surface area contributed by atoms with Gasteiger partial charge in [0.25, 0.3) is 0 Å². The fourth-order valence-electron chi connectivity index (χ4n) is 3.06. The minimum atomic E-state index is -0.903. The number of carbonyl (C=O) groups is 1. The van der Waals surface area contributed by atoms with E-state index in [1.807, 2.05) is 31.2 Å². The van der Waals surface area contributed by atoms with Gasteiger partial charge >= 0.3 is 5.97 Å². The van der Waals surface area contributed by atoms with Gasteiger partial charge in [0.15, 0.2) is 5.17 Å². The molecule has 3 aromatic carbocycles. The molecule has 30 heavy (non-hydrogen) atoms. The van der Waals surface area contributed by atoms with Gasteiger partial charge in [-0.2, -0.15) is 0 Å². The van der Waals surface area contributed by atoms with Gasteiger partial charge < -0.3 is 10.0 Å². The molecule has 0 spiro atoms. The summed E-state index contributed by atoms with van der Waals surface area (Å²) >= 11 is 1.69. The number of carboxylic acid groups (broad SMARTS) is 1. The number of hydrogen-bond donors (Lipinski definition) is 1. The molecule has 0 bridgehead atoms. The summed E-state index contributed by atoms with van der Waals surface area (Å²) in [5.74, 6) is -0.168. The lowest BCUT2D eigenvalue weighted by Crippen LogP contribution is -2.28. The molecule has 0 aliphatic heterocycles. The summed E-state index contributed by atoms with van der Waals surface area (Å²) in [6.45, 7) is 4.31. The highest BCUT2D eigenvalue weighted by molar-refractivity contribution is 8.13. The van der Waals surface area contributed by atoms with Crippen molar-refractivity contribution < 1.29 is 9.90 Å². The first kappa shape index (κ1) is 21.7. The Labute approximate surface area is 182 Å². The molecule has 0 aromatic heterocycles. The van der Waals surface area contributed by atoms with Gasteiger partial charge in [-0.05, 0) is 35.7 Å². The fourth-order valence-corrected chi connectivity index (χ4v) is 4.08. The molecule has 0 saturated carbocycles. The predicted molar refractivity (Wildman–Crippen MR) is 125 cm³/mol. The van der Waals surface area contributed by atoms with Gasteiger partial charge in [0.05, 0.1) is 5.56 Å². The number of thioether (sulfide) groups is 1. The highest BCUT2D eigenvalue weighted by atomic mass is 32.2. The Morgan fingerprint density at radius 2 is 1.37 bits per heavy atom. The molecule has 0 atom stereocenters. The first-order chi connectivity index (χ1) is 14.7. The van der Waals surface area contributed by atoms with Gasteiger partial charge in [-0.25, -0.2) is 4.79 Å². The van der Waals surface area contributed by atoms with E-state index < -0.39 is 5.97 Å². The highest BCUT2D eigenvalue weighted by Crippen LogP contribution is 2.21. The lowest BCUT2D eigenvalue weighted by molar-refractivity contribution is 0.0697. The summed E-state index contributed by atoms with van der Waals surface area (Å²) in [4.78, 5) is 18.2. The molecule has 3 rings (SSSR count). The second-order valence-corrected chi connectivity index (χ2v) is 7.82. The van der Waals surface area contributed by atoms with E-state index >= 15 is 0 Å². The van der Waals surface area contributed by atoms with Gasteiger partial charge in [0.2, 0.25) is 0 Å². The molecule has 0 fully saturated rings. The Bertz CT molecular complexity index is 916. The number of aromatic carboxylic acids is 1. The number of rotatable bonds is 8. The summed E-state index contributed by atoms with van der Waals surface area (Å²) in [6.07, 6.45) is 0. The maximum atomic E-state index is 11.1. The van der Waals surface area contributed by atoms with Crippen LogP contribution in [0.25, 0.3) is 0 Å². The van der Waals surface area contributed by atoms with E-state index in [-0.39, 0.29) is 0 Å². The molecule has 0 saturated heterocycles. The van der Waals surface area contributed by atoms with Crippen molar-refractivity contribution in [3.63, 3.8) is 0 Å². The molecule has 3 aromatic rings. The SMILES string of the molecule is CCN=C(SCc1ccc(C(=O)O)cc1)N(Cc1ccccc1)Cc1ccccc1. The molecule has 0 heterocycles. The zero-order valence-corrected chi connectivity index (χ0v) is 17.9. The maximum Gasteiger partial charge on any atom is 0.335 e. The van der Waals surface area contributed by atoms with Gasteiger partial charge in [0.1, 0.15) is 0 Å². The van der Waals surface area contributed by atoms with E-state index in [0.29, 0.717) is 12.1 Å². The normalized spacial score (nSPS) is 11.3. The van der Waals surface area contributed by atoms with Crippen LogP contribution in [-0.4, -0.2) is 27.7 Å². The average Bonchev–Trinajstić information content (AvgIpc) is 2.78. The van der Waals surface area contributed by atoms with Crippen molar-refractivity contribution >= 4 is 22.9 Å². The Morgan fingerprint density at radius 1 is 0.833 bits per heavy atom. The predicted octanol–water partition coefficient (Wildman–Crippen LogP) is 5.70. The molecule has 154 valence electrons. The van der Waals surface area contributed by atoms with Gasteiger partial charge in [0, 0.05) is 25.4 Å². The lowest BCUT2D eigenvalue weighted by atomic mass is 10.1. The third-order valence-corrected chi connectivity index (χ3v) is 5.69. The van der Waals surface area contributed by atoms with Crippen molar-refractivity contribution in [3.8, 4) is 0 Å². The van der Waals surface area contributed by atoms with E-state index in [4.69, 9.17) is 10.1 Å². The highest BCUT2D eigenvalue weighted by Gasteiger charge is 2.14. The minimum Gasteiger partial charge on any atom is -0.478 e. The van der Waals surface area contributed by atoms with Crippen molar-refractivity contribution in [1.82, 2.24) is 4.90 Å². The molecule has 0 aliphatic rings. The minimum absolute atomic E-state index is 0.306. The topological polar surface area (TPSA) is 52.9 Å². The molecule has 0 radical (unpaired) electrons. The summed E-state index contributed by atoms with van der Waals surface area (Å²) in [7, 11) is 0. The molecule has 0 aliphatic carbocycles. The van der Waals surface area contributed by atoms with Gasteiger partial charge in [-0.3, -0.25) is 4.99 Å². The van der Waals surface area contributed by atoms with Crippen LogP contribution in [0.1, 0.15) is 34.0 Å². The number of hydrogen-bond acceptors (Lipinski definition) is 3. The van der Waals surface area contributed by atoms with Gasteiger partial charge in [-0.1, -0.05) is 84.6 Å². The number of amidine groups is 1. The van der Waals surface area contributed by atoms with Crippen LogP contribution in [0.15, 0.2) is 89.9 Å². The molecular formula is C25H26N2O2S. The molecule has 4 nitrogen and oxygen atoms in total. The number of benzene rings is 3. The third kappa shape index (κ3) is 6.49. The summed E-state index contributed by atoms with van der Waals surface area (Å²) < 4.78 is 0. The first-order valence-electron chi connectivity index (χ1n) is 9.98. The zero-order chi connectivity index (χ0) is 21.2. The quantitative estimate of drug-likeness (QED) is 0.377. The summed E-state index contributed by atoms with van der Waals surface area (Å²) in [6, 6.07) is 27.9. The molecule has 5 heteroatoms. The van der Waals surface area contributed by atoms with Crippen LogP contribution >= 0.6 is 11.8 Å².